The molecule has 0 fully saturated rings. The summed E-state index contributed by atoms with van der Waals surface area (Å²) in [4.78, 5) is 44.6. The Balaban J connectivity index is 1.23. The van der Waals surface area contributed by atoms with Crippen LogP contribution in [0.25, 0.3) is 17.3 Å². The van der Waals surface area contributed by atoms with Crippen LogP contribution in [0, 0.1) is 0 Å². The molecule has 0 saturated carbocycles. The number of carbonyl (C=O) groups is 3. The lowest BCUT2D eigenvalue weighted by atomic mass is 10.1. The van der Waals surface area contributed by atoms with Gasteiger partial charge in [-0.1, -0.05) is 54.6 Å². The zero-order chi connectivity index (χ0) is 31.6. The first-order valence-electron chi connectivity index (χ1n) is 14.0. The second kappa shape index (κ2) is 15.0. The van der Waals surface area contributed by atoms with E-state index in [2.05, 4.69) is 20.9 Å². The fraction of sp³-hybridized carbons (Fsp3) is 0.0857. The second-order valence-electron chi connectivity index (χ2n) is 9.79. The van der Waals surface area contributed by atoms with Crippen molar-refractivity contribution < 1.29 is 19.1 Å². The number of nitrogens with one attached hydrogen (secondary N) is 3. The lowest BCUT2D eigenvalue weighted by Crippen LogP contribution is -2.30. The van der Waals surface area contributed by atoms with Crippen molar-refractivity contribution in [2.24, 2.45) is 0 Å². The minimum atomic E-state index is -0.479. The van der Waals surface area contributed by atoms with Crippen molar-refractivity contribution in [1.29, 1.82) is 0 Å². The van der Waals surface area contributed by atoms with Crippen molar-refractivity contribution >= 4 is 57.7 Å². The predicted molar refractivity (Wildman–Crippen MR) is 181 cm³/mol. The minimum Gasteiger partial charge on any atom is -0.497 e. The third kappa shape index (κ3) is 8.69. The van der Waals surface area contributed by atoms with Crippen molar-refractivity contribution in [2.75, 3.05) is 17.7 Å². The number of benzene rings is 4. The monoisotopic (exact) mass is 634 g/mol. The van der Waals surface area contributed by atoms with E-state index in [4.69, 9.17) is 4.74 Å². The molecule has 0 aliphatic rings. The van der Waals surface area contributed by atoms with Gasteiger partial charge in [0, 0.05) is 27.1 Å². The summed E-state index contributed by atoms with van der Waals surface area (Å²) in [6.07, 6.45) is 1.62. The van der Waals surface area contributed by atoms with E-state index in [9.17, 15) is 14.4 Å². The van der Waals surface area contributed by atoms with Gasteiger partial charge in [-0.25, -0.2) is 4.98 Å². The zero-order valence-electron chi connectivity index (χ0n) is 24.5. The Morgan fingerprint density at radius 2 is 1.58 bits per heavy atom. The summed E-state index contributed by atoms with van der Waals surface area (Å²) in [5, 5.41) is 10.5. The highest BCUT2D eigenvalue weighted by molar-refractivity contribution is 8.00. The Hall–Kier alpha value is -5.19. The van der Waals surface area contributed by atoms with Gasteiger partial charge in [0.25, 0.3) is 11.8 Å². The molecule has 0 radical (unpaired) electrons. The number of thioether (sulfide) groups is 1. The molecule has 1 unspecified atom stereocenters. The van der Waals surface area contributed by atoms with Crippen LogP contribution in [0.2, 0.25) is 0 Å². The van der Waals surface area contributed by atoms with E-state index in [1.54, 1.807) is 55.7 Å². The van der Waals surface area contributed by atoms with Crippen LogP contribution in [-0.2, 0) is 9.59 Å². The number of hydrogen-bond donors (Lipinski definition) is 3. The summed E-state index contributed by atoms with van der Waals surface area (Å²) in [6, 6.07) is 32.7. The maximum absolute atomic E-state index is 13.4. The Labute approximate surface area is 269 Å². The van der Waals surface area contributed by atoms with Crippen molar-refractivity contribution in [3.05, 3.63) is 131 Å². The molecule has 10 heteroatoms. The van der Waals surface area contributed by atoms with Gasteiger partial charge < -0.3 is 20.7 Å². The van der Waals surface area contributed by atoms with Crippen LogP contribution >= 0.6 is 23.1 Å². The Kier molecular flexibility index (Phi) is 10.4. The van der Waals surface area contributed by atoms with Crippen LogP contribution in [0.15, 0.2) is 125 Å². The number of methoxy groups -OCH3 is 1. The summed E-state index contributed by atoms with van der Waals surface area (Å²) in [5.74, 6) is -0.307. The number of aromatic nitrogens is 1. The van der Waals surface area contributed by atoms with E-state index >= 15 is 0 Å². The standard InChI is InChI=1S/C35H30N4O4S2/c1-23(32(40)39-35-38-31(22-44-35)25-16-18-28(43-2)19-17-25)45-29-15-9-14-27(21-29)36-34(42)30(20-24-10-5-3-6-11-24)37-33(41)26-12-7-4-8-13-26/h3-23H,1-2H3,(H,36,42)(H,37,41)(H,38,39,40)/b30-20-. The van der Waals surface area contributed by atoms with Crippen molar-refractivity contribution in [3.63, 3.8) is 0 Å². The SMILES string of the molecule is COc1ccc(-c2csc(NC(=O)C(C)Sc3cccc(NC(=O)/C(=C/c4ccccc4)NC(=O)c4ccccc4)c3)n2)cc1. The number of thiazole rings is 1. The molecule has 0 aliphatic carbocycles. The molecule has 8 nitrogen and oxygen atoms in total. The van der Waals surface area contributed by atoms with Crippen LogP contribution in [-0.4, -0.2) is 35.1 Å². The van der Waals surface area contributed by atoms with Gasteiger partial charge in [0.2, 0.25) is 5.91 Å². The fourth-order valence-corrected chi connectivity index (χ4v) is 5.84. The Bertz CT molecular complexity index is 1810. The number of amides is 3. The number of rotatable bonds is 11. The number of ether oxygens (including phenoxy) is 1. The summed E-state index contributed by atoms with van der Waals surface area (Å²) in [6.45, 7) is 1.81. The van der Waals surface area contributed by atoms with E-state index in [0.29, 0.717) is 16.4 Å². The Morgan fingerprint density at radius 3 is 2.29 bits per heavy atom. The predicted octanol–water partition coefficient (Wildman–Crippen LogP) is 7.35. The molecular formula is C35H30N4O4S2. The maximum atomic E-state index is 13.4. The molecule has 1 heterocycles. The van der Waals surface area contributed by atoms with Gasteiger partial charge in [0.1, 0.15) is 11.4 Å². The highest BCUT2D eigenvalue weighted by Crippen LogP contribution is 2.29. The lowest BCUT2D eigenvalue weighted by Gasteiger charge is -2.13. The maximum Gasteiger partial charge on any atom is 0.272 e. The van der Waals surface area contributed by atoms with E-state index < -0.39 is 17.1 Å². The normalized spacial score (nSPS) is 11.7. The number of carbonyl (C=O) groups excluding carboxylic acids is 3. The highest BCUT2D eigenvalue weighted by atomic mass is 32.2. The molecule has 1 atom stereocenters. The van der Waals surface area contributed by atoms with Crippen LogP contribution in [0.1, 0.15) is 22.8 Å². The molecule has 5 aromatic rings. The second-order valence-corrected chi connectivity index (χ2v) is 12.1. The van der Waals surface area contributed by atoms with Crippen LogP contribution < -0.4 is 20.7 Å². The molecular weight excluding hydrogens is 605 g/mol. The Morgan fingerprint density at radius 1 is 0.867 bits per heavy atom. The first kappa shape index (κ1) is 31.2. The first-order chi connectivity index (χ1) is 21.9. The zero-order valence-corrected chi connectivity index (χ0v) is 26.2. The number of hydrogen-bond acceptors (Lipinski definition) is 7. The summed E-state index contributed by atoms with van der Waals surface area (Å²) in [7, 11) is 1.62. The fourth-order valence-electron chi connectivity index (χ4n) is 4.19. The molecule has 1 aromatic heterocycles. The molecule has 0 spiro atoms. The van der Waals surface area contributed by atoms with Crippen LogP contribution in [0.4, 0.5) is 10.8 Å². The quantitative estimate of drug-likeness (QED) is 0.104. The molecule has 5 rings (SSSR count). The highest BCUT2D eigenvalue weighted by Gasteiger charge is 2.18. The molecule has 4 aromatic carbocycles. The van der Waals surface area contributed by atoms with Crippen molar-refractivity contribution in [3.8, 4) is 17.0 Å². The topological polar surface area (TPSA) is 109 Å². The van der Waals surface area contributed by atoms with Gasteiger partial charge >= 0.3 is 0 Å². The van der Waals surface area contributed by atoms with Crippen molar-refractivity contribution in [2.45, 2.75) is 17.1 Å². The third-order valence-electron chi connectivity index (χ3n) is 6.53. The molecule has 0 saturated heterocycles. The first-order valence-corrected chi connectivity index (χ1v) is 15.8. The summed E-state index contributed by atoms with van der Waals surface area (Å²) < 4.78 is 5.21. The van der Waals surface area contributed by atoms with Crippen LogP contribution in [0.3, 0.4) is 0 Å². The molecule has 3 N–H and O–H groups in total. The van der Waals surface area contributed by atoms with Crippen molar-refractivity contribution in [1.82, 2.24) is 10.3 Å². The molecule has 3 amide bonds. The van der Waals surface area contributed by atoms with Gasteiger partial charge in [-0.3, -0.25) is 14.4 Å². The smallest absolute Gasteiger partial charge is 0.272 e. The molecule has 0 bridgehead atoms. The van der Waals surface area contributed by atoms with Gasteiger partial charge in [-0.05, 0) is 73.2 Å². The van der Waals surface area contributed by atoms with E-state index in [1.807, 2.05) is 79.0 Å². The van der Waals surface area contributed by atoms with E-state index in [1.165, 1.54) is 23.1 Å². The average Bonchev–Trinajstić information content (AvgIpc) is 3.54. The minimum absolute atomic E-state index is 0.0957. The summed E-state index contributed by atoms with van der Waals surface area (Å²) >= 11 is 2.71. The lowest BCUT2D eigenvalue weighted by molar-refractivity contribution is -0.115. The molecule has 0 aliphatic heterocycles. The average molecular weight is 635 g/mol. The molecule has 45 heavy (non-hydrogen) atoms. The summed E-state index contributed by atoms with van der Waals surface area (Å²) in [5.41, 5.74) is 3.51. The largest absolute Gasteiger partial charge is 0.497 e. The van der Waals surface area contributed by atoms with Gasteiger partial charge in [-0.2, -0.15) is 0 Å². The molecule has 226 valence electrons. The number of anilines is 2. The van der Waals surface area contributed by atoms with Gasteiger partial charge in [0.05, 0.1) is 18.1 Å². The van der Waals surface area contributed by atoms with Crippen LogP contribution in [0.5, 0.6) is 5.75 Å². The van der Waals surface area contributed by atoms with E-state index in [0.717, 1.165) is 27.5 Å². The third-order valence-corrected chi connectivity index (χ3v) is 8.38. The van der Waals surface area contributed by atoms with Gasteiger partial charge in [0.15, 0.2) is 5.13 Å². The number of nitrogens with zero attached hydrogens (tertiary/aromatic N) is 1. The van der Waals surface area contributed by atoms with Gasteiger partial charge in [-0.15, -0.1) is 23.1 Å². The van der Waals surface area contributed by atoms with E-state index in [-0.39, 0.29) is 11.6 Å².